The minimum atomic E-state index is -0.0158. The third kappa shape index (κ3) is 3.99. The topological polar surface area (TPSA) is 50.8 Å². The number of carbonyl (C=O) groups is 1. The fraction of sp³-hybridized carbons (Fsp3) is 0.381. The van der Waals surface area contributed by atoms with Crippen molar-refractivity contribution in [3.8, 4) is 5.75 Å². The molecule has 0 bridgehead atoms. The lowest BCUT2D eigenvalue weighted by Crippen LogP contribution is -2.31. The second kappa shape index (κ2) is 7.79. The first kappa shape index (κ1) is 16.9. The van der Waals surface area contributed by atoms with Crippen LogP contribution in [0.3, 0.4) is 0 Å². The monoisotopic (exact) mass is 352 g/mol. The molecule has 0 spiro atoms. The Bertz CT molecular complexity index is 771. The van der Waals surface area contributed by atoms with Crippen molar-refractivity contribution in [3.63, 3.8) is 0 Å². The van der Waals surface area contributed by atoms with Gasteiger partial charge in [-0.3, -0.25) is 4.79 Å². The first-order valence-electron chi connectivity index (χ1n) is 9.25. The Labute approximate surface area is 153 Å². The first-order chi connectivity index (χ1) is 12.8. The molecule has 0 aliphatic carbocycles. The lowest BCUT2D eigenvalue weighted by Gasteiger charge is -2.19. The Morgan fingerprint density at radius 2 is 2.15 bits per heavy atom. The van der Waals surface area contributed by atoms with Crippen LogP contribution in [-0.4, -0.2) is 38.3 Å². The predicted molar refractivity (Wildman–Crippen MR) is 102 cm³/mol. The van der Waals surface area contributed by atoms with Crippen molar-refractivity contribution >= 4 is 17.3 Å². The summed E-state index contributed by atoms with van der Waals surface area (Å²) in [4.78, 5) is 14.6. The lowest BCUT2D eigenvalue weighted by atomic mass is 10.2. The van der Waals surface area contributed by atoms with E-state index in [1.54, 1.807) is 0 Å². The number of fused-ring (bicyclic) bond motifs is 1. The molecule has 0 radical (unpaired) electrons. The van der Waals surface area contributed by atoms with Gasteiger partial charge in [-0.25, -0.2) is 0 Å². The molecule has 26 heavy (non-hydrogen) atoms. The van der Waals surface area contributed by atoms with Crippen molar-refractivity contribution in [2.24, 2.45) is 0 Å². The van der Waals surface area contributed by atoms with Crippen LogP contribution in [0.5, 0.6) is 5.75 Å². The molecule has 2 aliphatic heterocycles. The van der Waals surface area contributed by atoms with E-state index in [1.807, 2.05) is 36.4 Å². The van der Waals surface area contributed by atoms with Gasteiger partial charge < -0.3 is 19.7 Å². The summed E-state index contributed by atoms with van der Waals surface area (Å²) in [5.74, 6) is 0.739. The molecule has 5 heteroatoms. The van der Waals surface area contributed by atoms with Crippen LogP contribution in [0.25, 0.3) is 0 Å². The van der Waals surface area contributed by atoms with Gasteiger partial charge in [0.25, 0.3) is 0 Å². The summed E-state index contributed by atoms with van der Waals surface area (Å²) >= 11 is 0. The van der Waals surface area contributed by atoms with Crippen LogP contribution in [0.1, 0.15) is 18.4 Å². The van der Waals surface area contributed by atoms with Gasteiger partial charge in [0.2, 0.25) is 5.91 Å². The van der Waals surface area contributed by atoms with Crippen LogP contribution in [-0.2, 0) is 16.0 Å². The summed E-state index contributed by atoms with van der Waals surface area (Å²) < 4.78 is 11.4. The van der Waals surface area contributed by atoms with Gasteiger partial charge in [-0.2, -0.15) is 0 Å². The third-order valence-corrected chi connectivity index (χ3v) is 4.90. The van der Waals surface area contributed by atoms with Crippen LogP contribution in [0, 0.1) is 0 Å². The standard InChI is InChI=1S/C21H24N2O3/c24-21(14-23-11-10-16-5-1-2-9-20(16)23)22-17-6-3-7-18(13-17)26-15-19-8-4-12-25-19/h1-3,5-7,9,13,19H,4,8,10-12,14-15H2,(H,22,24). The Morgan fingerprint density at radius 1 is 1.23 bits per heavy atom. The predicted octanol–water partition coefficient (Wildman–Crippen LogP) is 3.25. The number of hydrogen-bond donors (Lipinski definition) is 1. The van der Waals surface area contributed by atoms with E-state index in [2.05, 4.69) is 22.3 Å². The zero-order chi connectivity index (χ0) is 17.8. The molecule has 1 amide bonds. The number of benzene rings is 2. The minimum Gasteiger partial charge on any atom is -0.491 e. The van der Waals surface area contributed by atoms with Gasteiger partial charge >= 0.3 is 0 Å². The van der Waals surface area contributed by atoms with Crippen molar-refractivity contribution < 1.29 is 14.3 Å². The number of para-hydroxylation sites is 1. The number of amides is 1. The van der Waals surface area contributed by atoms with Crippen LogP contribution < -0.4 is 15.0 Å². The smallest absolute Gasteiger partial charge is 0.243 e. The summed E-state index contributed by atoms with van der Waals surface area (Å²) in [7, 11) is 0. The van der Waals surface area contributed by atoms with Crippen LogP contribution >= 0.6 is 0 Å². The maximum Gasteiger partial charge on any atom is 0.243 e. The highest BCUT2D eigenvalue weighted by molar-refractivity contribution is 5.94. The SMILES string of the molecule is O=C(CN1CCc2ccccc21)Nc1cccc(OCC2CCCO2)c1. The fourth-order valence-electron chi connectivity index (χ4n) is 3.57. The molecule has 2 heterocycles. The summed E-state index contributed by atoms with van der Waals surface area (Å²) in [5.41, 5.74) is 3.23. The molecule has 1 N–H and O–H groups in total. The van der Waals surface area contributed by atoms with Gasteiger partial charge in [-0.05, 0) is 43.0 Å². The molecule has 1 fully saturated rings. The molecular formula is C21H24N2O3. The maximum absolute atomic E-state index is 12.4. The number of rotatable bonds is 6. The van der Waals surface area contributed by atoms with E-state index in [4.69, 9.17) is 9.47 Å². The number of carbonyl (C=O) groups excluding carboxylic acids is 1. The van der Waals surface area contributed by atoms with E-state index in [1.165, 1.54) is 5.56 Å². The zero-order valence-corrected chi connectivity index (χ0v) is 14.8. The molecule has 0 aromatic heterocycles. The van der Waals surface area contributed by atoms with Gasteiger partial charge in [0, 0.05) is 30.6 Å². The number of ether oxygens (including phenoxy) is 2. The average molecular weight is 352 g/mol. The summed E-state index contributed by atoms with van der Waals surface area (Å²) in [6.07, 6.45) is 3.33. The highest BCUT2D eigenvalue weighted by atomic mass is 16.5. The van der Waals surface area contributed by atoms with Crippen molar-refractivity contribution in [2.75, 3.05) is 36.5 Å². The molecule has 2 aliphatic rings. The Morgan fingerprint density at radius 3 is 3.04 bits per heavy atom. The molecule has 1 atom stereocenters. The van der Waals surface area contributed by atoms with E-state index in [-0.39, 0.29) is 12.0 Å². The minimum absolute atomic E-state index is 0.0158. The molecular weight excluding hydrogens is 328 g/mol. The van der Waals surface area contributed by atoms with Gasteiger partial charge in [0.05, 0.1) is 12.6 Å². The van der Waals surface area contributed by atoms with E-state index in [0.29, 0.717) is 13.2 Å². The van der Waals surface area contributed by atoms with Gasteiger partial charge in [-0.1, -0.05) is 24.3 Å². The van der Waals surface area contributed by atoms with Gasteiger partial charge in [0.1, 0.15) is 12.4 Å². The Hall–Kier alpha value is -2.53. The van der Waals surface area contributed by atoms with Crippen LogP contribution in [0.15, 0.2) is 48.5 Å². The second-order valence-corrected chi connectivity index (χ2v) is 6.82. The van der Waals surface area contributed by atoms with Gasteiger partial charge in [-0.15, -0.1) is 0 Å². The lowest BCUT2D eigenvalue weighted by molar-refractivity contribution is -0.115. The molecule has 136 valence electrons. The van der Waals surface area contributed by atoms with Gasteiger partial charge in [0.15, 0.2) is 0 Å². The summed E-state index contributed by atoms with van der Waals surface area (Å²) in [6.45, 7) is 2.63. The number of nitrogens with zero attached hydrogens (tertiary/aromatic N) is 1. The fourth-order valence-corrected chi connectivity index (χ4v) is 3.57. The quantitative estimate of drug-likeness (QED) is 0.867. The normalized spacial score (nSPS) is 18.6. The van der Waals surface area contributed by atoms with Crippen molar-refractivity contribution in [3.05, 3.63) is 54.1 Å². The summed E-state index contributed by atoms with van der Waals surface area (Å²) in [6, 6.07) is 15.8. The molecule has 1 unspecified atom stereocenters. The van der Waals surface area contributed by atoms with Crippen molar-refractivity contribution in [2.45, 2.75) is 25.4 Å². The molecule has 5 nitrogen and oxygen atoms in total. The first-order valence-corrected chi connectivity index (χ1v) is 9.25. The highest BCUT2D eigenvalue weighted by Gasteiger charge is 2.20. The average Bonchev–Trinajstić information content (AvgIpc) is 3.31. The Balaban J connectivity index is 1.32. The number of hydrogen-bond acceptors (Lipinski definition) is 4. The largest absolute Gasteiger partial charge is 0.491 e. The third-order valence-electron chi connectivity index (χ3n) is 4.90. The zero-order valence-electron chi connectivity index (χ0n) is 14.8. The van der Waals surface area contributed by atoms with Crippen molar-refractivity contribution in [1.82, 2.24) is 0 Å². The molecule has 1 saturated heterocycles. The molecule has 0 saturated carbocycles. The summed E-state index contributed by atoms with van der Waals surface area (Å²) in [5, 5.41) is 2.98. The van der Waals surface area contributed by atoms with E-state index < -0.39 is 0 Å². The highest BCUT2D eigenvalue weighted by Crippen LogP contribution is 2.27. The van der Waals surface area contributed by atoms with Crippen LogP contribution in [0.4, 0.5) is 11.4 Å². The number of nitrogens with one attached hydrogen (secondary N) is 1. The van der Waals surface area contributed by atoms with Crippen molar-refractivity contribution in [1.29, 1.82) is 0 Å². The second-order valence-electron chi connectivity index (χ2n) is 6.82. The van der Waals surface area contributed by atoms with E-state index >= 15 is 0 Å². The molecule has 2 aromatic carbocycles. The molecule has 4 rings (SSSR count). The molecule has 2 aromatic rings. The number of anilines is 2. The maximum atomic E-state index is 12.4. The van der Waals surface area contributed by atoms with E-state index in [9.17, 15) is 4.79 Å². The Kier molecular flexibility index (Phi) is 5.07. The van der Waals surface area contributed by atoms with E-state index in [0.717, 1.165) is 49.5 Å². The van der Waals surface area contributed by atoms with Crippen LogP contribution in [0.2, 0.25) is 0 Å².